The number of nitrogens with zero attached hydrogens (tertiary/aromatic N) is 1. The highest BCUT2D eigenvalue weighted by atomic mass is 31.2. The van der Waals surface area contributed by atoms with Crippen molar-refractivity contribution in [2.24, 2.45) is 0 Å². The van der Waals surface area contributed by atoms with Crippen LogP contribution in [0.15, 0.2) is 24.3 Å². The van der Waals surface area contributed by atoms with Crippen LogP contribution in [0.3, 0.4) is 0 Å². The van der Waals surface area contributed by atoms with E-state index in [1.165, 1.54) is 154 Å². The van der Waals surface area contributed by atoms with E-state index in [2.05, 4.69) is 38.2 Å². The third kappa shape index (κ3) is 46.0. The fraction of sp³-hybridized carbons (Fsp3) is 0.880. The maximum Gasteiger partial charge on any atom is 0.306 e. The summed E-state index contributed by atoms with van der Waals surface area (Å²) in [5, 5.41) is 0. The van der Waals surface area contributed by atoms with Crippen LogP contribution in [0.2, 0.25) is 0 Å². The molecule has 0 bridgehead atoms. The van der Waals surface area contributed by atoms with E-state index in [-0.39, 0.29) is 32.0 Å². The largest absolute Gasteiger partial charge is 0.756 e. The van der Waals surface area contributed by atoms with Crippen molar-refractivity contribution in [2.45, 2.75) is 238 Å². The Kier molecular flexibility index (Phi) is 41.7. The average Bonchev–Trinajstić information content (AvgIpc) is 3.20. The Hall–Kier alpha value is -1.51. The van der Waals surface area contributed by atoms with Gasteiger partial charge in [0.1, 0.15) is 19.8 Å². The van der Waals surface area contributed by atoms with Gasteiger partial charge < -0.3 is 27.9 Å². The number of rotatable bonds is 46. The van der Waals surface area contributed by atoms with Crippen LogP contribution in [0.5, 0.6) is 0 Å². The maximum atomic E-state index is 12.7. The zero-order valence-electron chi connectivity index (χ0n) is 39.9. The molecule has 2 atom stereocenters. The van der Waals surface area contributed by atoms with Crippen molar-refractivity contribution in [1.82, 2.24) is 0 Å². The number of quaternary nitrogens is 1. The van der Waals surface area contributed by atoms with Crippen molar-refractivity contribution < 1.29 is 42.1 Å². The van der Waals surface area contributed by atoms with Gasteiger partial charge in [0.05, 0.1) is 27.7 Å². The highest BCUT2D eigenvalue weighted by Crippen LogP contribution is 2.38. The number of allylic oxidation sites excluding steroid dienone is 4. The molecule has 9 nitrogen and oxygen atoms in total. The normalized spacial score (nSPS) is 13.6. The van der Waals surface area contributed by atoms with Gasteiger partial charge in [-0.2, -0.15) is 0 Å². The third-order valence-electron chi connectivity index (χ3n) is 10.9. The van der Waals surface area contributed by atoms with Crippen molar-refractivity contribution in [2.75, 3.05) is 47.5 Å². The standard InChI is InChI=1S/C50H96NO8P/c1-6-8-10-12-14-16-18-20-22-23-24-25-26-27-29-30-32-34-36-38-40-42-49(52)56-46-48(47-58-60(54,55)57-45-44-51(3,4)5)59-50(53)43-41-39-37-35-33-31-28-21-19-17-15-13-11-9-7-2/h17,19-20,22,48H,6-16,18,21,23-47H2,1-5H3/b19-17+,22-20+/t48-/m0/s1. The summed E-state index contributed by atoms with van der Waals surface area (Å²) < 4.78 is 34.0. The first kappa shape index (κ1) is 58.5. The summed E-state index contributed by atoms with van der Waals surface area (Å²) in [6.07, 6.45) is 47.7. The topological polar surface area (TPSA) is 111 Å². The molecule has 0 aromatic carbocycles. The van der Waals surface area contributed by atoms with Gasteiger partial charge in [0, 0.05) is 12.8 Å². The maximum absolute atomic E-state index is 12.7. The molecule has 60 heavy (non-hydrogen) atoms. The van der Waals surface area contributed by atoms with Gasteiger partial charge in [0.2, 0.25) is 0 Å². The molecule has 0 spiro atoms. The minimum absolute atomic E-state index is 0.0301. The second-order valence-corrected chi connectivity index (χ2v) is 19.6. The fourth-order valence-electron chi connectivity index (χ4n) is 7.00. The lowest BCUT2D eigenvalue weighted by molar-refractivity contribution is -0.870. The van der Waals surface area contributed by atoms with Crippen LogP contribution < -0.4 is 4.89 Å². The van der Waals surface area contributed by atoms with Gasteiger partial charge in [-0.25, -0.2) is 0 Å². The summed E-state index contributed by atoms with van der Waals surface area (Å²) in [5.74, 6) is -0.832. The minimum atomic E-state index is -4.63. The predicted octanol–water partition coefficient (Wildman–Crippen LogP) is 14.1. The highest BCUT2D eigenvalue weighted by molar-refractivity contribution is 7.45. The number of likely N-dealkylation sites (N-methyl/N-ethyl adjacent to an activating group) is 1. The number of phosphoric ester groups is 1. The molecule has 0 N–H and O–H groups in total. The van der Waals surface area contributed by atoms with Gasteiger partial charge in [-0.15, -0.1) is 0 Å². The number of hydrogen-bond acceptors (Lipinski definition) is 8. The number of esters is 2. The summed E-state index contributed by atoms with van der Waals surface area (Å²) in [5.41, 5.74) is 0. The number of carbonyl (C=O) groups is 2. The lowest BCUT2D eigenvalue weighted by Crippen LogP contribution is -2.37. The summed E-state index contributed by atoms with van der Waals surface area (Å²) in [4.78, 5) is 37.7. The van der Waals surface area contributed by atoms with Crippen molar-refractivity contribution in [3.8, 4) is 0 Å². The van der Waals surface area contributed by atoms with E-state index in [1.807, 2.05) is 21.1 Å². The smallest absolute Gasteiger partial charge is 0.306 e. The third-order valence-corrected chi connectivity index (χ3v) is 11.9. The van der Waals surface area contributed by atoms with E-state index in [1.54, 1.807) is 0 Å². The quantitative estimate of drug-likeness (QED) is 0.0195. The summed E-state index contributed by atoms with van der Waals surface area (Å²) >= 11 is 0. The lowest BCUT2D eigenvalue weighted by Gasteiger charge is -2.28. The molecule has 0 rings (SSSR count). The molecule has 0 saturated carbocycles. The van der Waals surface area contributed by atoms with E-state index in [4.69, 9.17) is 18.5 Å². The second-order valence-electron chi connectivity index (χ2n) is 18.2. The van der Waals surface area contributed by atoms with Gasteiger partial charge in [0.25, 0.3) is 7.82 Å². The lowest BCUT2D eigenvalue weighted by atomic mass is 10.0. The molecule has 0 radical (unpaired) electrons. The molecule has 0 heterocycles. The first-order chi connectivity index (χ1) is 29.0. The molecular weight excluding hydrogens is 774 g/mol. The molecule has 10 heteroatoms. The van der Waals surface area contributed by atoms with Gasteiger partial charge in [0.15, 0.2) is 6.10 Å². The number of carbonyl (C=O) groups excluding carboxylic acids is 2. The number of ether oxygens (including phenoxy) is 2. The van der Waals surface area contributed by atoms with E-state index < -0.39 is 26.5 Å². The van der Waals surface area contributed by atoms with Crippen LogP contribution in [-0.4, -0.2) is 70.0 Å². The molecular formula is C50H96NO8P. The Morgan fingerprint density at radius 1 is 0.500 bits per heavy atom. The molecule has 0 aromatic rings. The molecule has 0 aliphatic carbocycles. The van der Waals surface area contributed by atoms with Crippen LogP contribution in [0.1, 0.15) is 232 Å². The van der Waals surface area contributed by atoms with Gasteiger partial charge in [-0.1, -0.05) is 179 Å². The summed E-state index contributed by atoms with van der Waals surface area (Å²) in [7, 11) is 1.17. The van der Waals surface area contributed by atoms with Crippen molar-refractivity contribution in [3.63, 3.8) is 0 Å². The second kappa shape index (κ2) is 42.8. The monoisotopic (exact) mass is 870 g/mol. The number of unbranched alkanes of at least 4 members (excludes halogenated alkanes) is 28. The van der Waals surface area contributed by atoms with Crippen LogP contribution in [0.4, 0.5) is 0 Å². The van der Waals surface area contributed by atoms with Crippen molar-refractivity contribution in [1.29, 1.82) is 0 Å². The molecule has 0 saturated heterocycles. The predicted molar refractivity (Wildman–Crippen MR) is 250 cm³/mol. The summed E-state index contributed by atoms with van der Waals surface area (Å²) in [6, 6.07) is 0. The molecule has 0 aliphatic heterocycles. The molecule has 0 fully saturated rings. The van der Waals surface area contributed by atoms with Crippen LogP contribution in [-0.2, 0) is 32.7 Å². The van der Waals surface area contributed by atoms with Gasteiger partial charge in [-0.3, -0.25) is 14.2 Å². The Labute approximate surface area is 370 Å². The summed E-state index contributed by atoms with van der Waals surface area (Å²) in [6.45, 7) is 4.23. The van der Waals surface area contributed by atoms with Crippen molar-refractivity contribution >= 4 is 19.8 Å². The first-order valence-electron chi connectivity index (χ1n) is 25.0. The Morgan fingerprint density at radius 3 is 1.25 bits per heavy atom. The number of hydrogen-bond donors (Lipinski definition) is 0. The Morgan fingerprint density at radius 2 is 0.850 bits per heavy atom. The molecule has 0 amide bonds. The SMILES string of the molecule is CCCCCC/C=C/CCCCCCCCCC(=O)O[C@@H](COC(=O)CCCCCCCCCCCCC/C=C/CCCCCCCC)COP(=O)([O-])OCC[N+](C)(C)C. The molecule has 354 valence electrons. The van der Waals surface area contributed by atoms with Gasteiger partial charge >= 0.3 is 11.9 Å². The number of phosphoric acid groups is 1. The molecule has 0 aliphatic rings. The van der Waals surface area contributed by atoms with E-state index in [0.717, 1.165) is 44.9 Å². The van der Waals surface area contributed by atoms with Crippen LogP contribution >= 0.6 is 7.82 Å². The Bertz CT molecular complexity index is 1070. The van der Waals surface area contributed by atoms with Crippen LogP contribution in [0.25, 0.3) is 0 Å². The van der Waals surface area contributed by atoms with Crippen LogP contribution in [0, 0.1) is 0 Å². The van der Waals surface area contributed by atoms with Gasteiger partial charge in [-0.05, 0) is 64.2 Å². The molecule has 1 unspecified atom stereocenters. The minimum Gasteiger partial charge on any atom is -0.756 e. The Balaban J connectivity index is 4.23. The fourth-order valence-corrected chi connectivity index (χ4v) is 7.73. The zero-order chi connectivity index (χ0) is 44.3. The molecule has 0 aromatic heterocycles. The average molecular weight is 870 g/mol. The van der Waals surface area contributed by atoms with Crippen molar-refractivity contribution in [3.05, 3.63) is 24.3 Å². The first-order valence-corrected chi connectivity index (χ1v) is 26.5. The zero-order valence-corrected chi connectivity index (χ0v) is 40.8. The van der Waals surface area contributed by atoms with E-state index in [9.17, 15) is 19.0 Å². The highest BCUT2D eigenvalue weighted by Gasteiger charge is 2.21. The van der Waals surface area contributed by atoms with E-state index >= 15 is 0 Å². The van der Waals surface area contributed by atoms with E-state index in [0.29, 0.717) is 17.4 Å².